The molecule has 0 aromatic carbocycles. The fourth-order valence-corrected chi connectivity index (χ4v) is 3.91. The Kier molecular flexibility index (Phi) is 4.50. The highest BCUT2D eigenvalue weighted by molar-refractivity contribution is 8.13. The summed E-state index contributed by atoms with van der Waals surface area (Å²) < 4.78 is 22.5. The second kappa shape index (κ2) is 5.64. The third kappa shape index (κ3) is 3.66. The second-order valence-electron chi connectivity index (χ2n) is 6.26. The van der Waals surface area contributed by atoms with E-state index in [4.69, 9.17) is 0 Å². The van der Waals surface area contributed by atoms with Gasteiger partial charge in [0.15, 0.2) is 15.0 Å². The molecule has 0 aromatic rings. The molecule has 0 radical (unpaired) electrons. The summed E-state index contributed by atoms with van der Waals surface area (Å²) in [5, 5.41) is 4.43. The molecule has 6 heteroatoms. The molecule has 2 atom stereocenters. The van der Waals surface area contributed by atoms with Crippen LogP contribution < -0.4 is 5.32 Å². The van der Waals surface area contributed by atoms with E-state index in [9.17, 15) is 8.42 Å². The highest BCUT2D eigenvalue weighted by atomic mass is 32.2. The van der Waals surface area contributed by atoms with Crippen molar-refractivity contribution >= 4 is 26.8 Å². The lowest BCUT2D eigenvalue weighted by Crippen LogP contribution is -2.46. The summed E-state index contributed by atoms with van der Waals surface area (Å²) in [5.41, 5.74) is 0. The Morgan fingerprint density at radius 3 is 2.74 bits per heavy atom. The van der Waals surface area contributed by atoms with Crippen molar-refractivity contribution in [1.29, 1.82) is 0 Å². The largest absolute Gasteiger partial charge is 0.362 e. The number of amidine groups is 1. The summed E-state index contributed by atoms with van der Waals surface area (Å²) in [4.78, 5) is 4.50. The SMILES string of the molecule is CC(C)(CN=C1NC2CCCCC2CS1)S(C)(=O)=O. The lowest BCUT2D eigenvalue weighted by atomic mass is 9.86. The Labute approximate surface area is 120 Å². The van der Waals surface area contributed by atoms with Gasteiger partial charge >= 0.3 is 0 Å². The Bertz CT molecular complexity index is 457. The summed E-state index contributed by atoms with van der Waals surface area (Å²) in [5.74, 6) is 1.89. The molecule has 2 rings (SSSR count). The molecule has 1 saturated carbocycles. The molecule has 1 N–H and O–H groups in total. The molecule has 0 aromatic heterocycles. The zero-order valence-corrected chi connectivity index (χ0v) is 13.6. The Balaban J connectivity index is 1.98. The fraction of sp³-hybridized carbons (Fsp3) is 0.923. The van der Waals surface area contributed by atoms with Gasteiger partial charge in [0, 0.05) is 18.1 Å². The van der Waals surface area contributed by atoms with Crippen LogP contribution in [0.1, 0.15) is 39.5 Å². The Hall–Kier alpha value is -0.230. The van der Waals surface area contributed by atoms with Crippen molar-refractivity contribution in [1.82, 2.24) is 5.32 Å². The van der Waals surface area contributed by atoms with Crippen molar-refractivity contribution in [2.24, 2.45) is 10.9 Å². The molecular formula is C13H24N2O2S2. The summed E-state index contributed by atoms with van der Waals surface area (Å²) in [7, 11) is -3.07. The topological polar surface area (TPSA) is 58.5 Å². The molecule has 2 unspecified atom stereocenters. The monoisotopic (exact) mass is 304 g/mol. The van der Waals surface area contributed by atoms with Gasteiger partial charge in [-0.15, -0.1) is 0 Å². The van der Waals surface area contributed by atoms with Crippen LogP contribution in [0.3, 0.4) is 0 Å². The van der Waals surface area contributed by atoms with Gasteiger partial charge in [-0.3, -0.25) is 4.99 Å². The molecule has 2 fully saturated rings. The lowest BCUT2D eigenvalue weighted by Gasteiger charge is -2.37. The van der Waals surface area contributed by atoms with E-state index in [1.54, 1.807) is 25.6 Å². The van der Waals surface area contributed by atoms with Crippen molar-refractivity contribution in [3.8, 4) is 0 Å². The number of hydrogen-bond acceptors (Lipinski definition) is 4. The maximum Gasteiger partial charge on any atom is 0.156 e. The number of rotatable bonds is 3. The van der Waals surface area contributed by atoms with Gasteiger partial charge in [-0.2, -0.15) is 0 Å². The molecule has 1 heterocycles. The molecule has 1 aliphatic carbocycles. The minimum absolute atomic E-state index is 0.332. The first-order chi connectivity index (χ1) is 8.79. The van der Waals surface area contributed by atoms with E-state index in [-0.39, 0.29) is 0 Å². The number of fused-ring (bicyclic) bond motifs is 1. The maximum absolute atomic E-state index is 11.7. The third-order valence-corrected chi connectivity index (χ3v) is 7.51. The Morgan fingerprint density at radius 2 is 2.05 bits per heavy atom. The number of nitrogens with zero attached hydrogens (tertiary/aromatic N) is 1. The van der Waals surface area contributed by atoms with E-state index in [0.717, 1.165) is 16.8 Å². The first-order valence-electron chi connectivity index (χ1n) is 6.93. The first-order valence-corrected chi connectivity index (χ1v) is 9.81. The van der Waals surface area contributed by atoms with Crippen LogP contribution in [0.5, 0.6) is 0 Å². The van der Waals surface area contributed by atoms with Crippen LogP contribution in [0.25, 0.3) is 0 Å². The van der Waals surface area contributed by atoms with Gasteiger partial charge in [-0.05, 0) is 32.6 Å². The minimum Gasteiger partial charge on any atom is -0.362 e. The number of nitrogens with one attached hydrogen (secondary N) is 1. The number of thioether (sulfide) groups is 1. The molecule has 0 amide bonds. The van der Waals surface area contributed by atoms with Crippen molar-refractivity contribution in [3.05, 3.63) is 0 Å². The molecular weight excluding hydrogens is 280 g/mol. The van der Waals surface area contributed by atoms with Crippen molar-refractivity contribution in [3.63, 3.8) is 0 Å². The van der Waals surface area contributed by atoms with Crippen LogP contribution >= 0.6 is 11.8 Å². The van der Waals surface area contributed by atoms with Crippen LogP contribution in [-0.2, 0) is 9.84 Å². The highest BCUT2D eigenvalue weighted by Gasteiger charge is 2.32. The van der Waals surface area contributed by atoms with E-state index in [1.807, 2.05) is 0 Å². The molecule has 110 valence electrons. The molecule has 1 aliphatic heterocycles. The smallest absolute Gasteiger partial charge is 0.156 e. The zero-order chi connectivity index (χ0) is 14.1. The van der Waals surface area contributed by atoms with Gasteiger partial charge in [0.1, 0.15) is 0 Å². The number of sulfone groups is 1. The van der Waals surface area contributed by atoms with Gasteiger partial charge < -0.3 is 5.32 Å². The fourth-order valence-electron chi connectivity index (χ4n) is 2.45. The van der Waals surface area contributed by atoms with Crippen LogP contribution in [0.4, 0.5) is 0 Å². The van der Waals surface area contributed by atoms with Crippen LogP contribution in [0, 0.1) is 5.92 Å². The number of aliphatic imine (C=N–C) groups is 1. The molecule has 4 nitrogen and oxygen atoms in total. The average Bonchev–Trinajstić information content (AvgIpc) is 2.35. The summed E-state index contributed by atoms with van der Waals surface area (Å²) >= 11 is 1.74. The van der Waals surface area contributed by atoms with Crippen molar-refractivity contribution in [2.75, 3.05) is 18.6 Å². The normalized spacial score (nSPS) is 30.8. The van der Waals surface area contributed by atoms with E-state index in [0.29, 0.717) is 12.6 Å². The van der Waals surface area contributed by atoms with E-state index >= 15 is 0 Å². The minimum atomic E-state index is -3.07. The van der Waals surface area contributed by atoms with Crippen LogP contribution in [-0.4, -0.2) is 42.9 Å². The average molecular weight is 304 g/mol. The van der Waals surface area contributed by atoms with Gasteiger partial charge in [-0.25, -0.2) is 8.42 Å². The molecule has 19 heavy (non-hydrogen) atoms. The van der Waals surface area contributed by atoms with Gasteiger partial charge in [-0.1, -0.05) is 24.6 Å². The quantitative estimate of drug-likeness (QED) is 0.867. The van der Waals surface area contributed by atoms with E-state index < -0.39 is 14.6 Å². The maximum atomic E-state index is 11.7. The molecule has 1 saturated heterocycles. The van der Waals surface area contributed by atoms with E-state index in [2.05, 4.69) is 10.3 Å². The zero-order valence-electron chi connectivity index (χ0n) is 12.0. The lowest BCUT2D eigenvalue weighted by molar-refractivity contribution is 0.311. The second-order valence-corrected chi connectivity index (χ2v) is 9.92. The first kappa shape index (κ1) is 15.2. The molecule has 0 spiro atoms. The predicted molar refractivity (Wildman–Crippen MR) is 82.6 cm³/mol. The van der Waals surface area contributed by atoms with Crippen molar-refractivity contribution in [2.45, 2.75) is 50.3 Å². The van der Waals surface area contributed by atoms with Crippen molar-refractivity contribution < 1.29 is 8.42 Å². The molecule has 2 aliphatic rings. The molecule has 0 bridgehead atoms. The number of hydrogen-bond donors (Lipinski definition) is 1. The van der Waals surface area contributed by atoms with Gasteiger partial charge in [0.05, 0.1) is 11.3 Å². The predicted octanol–water partition coefficient (Wildman–Crippen LogP) is 2.06. The Morgan fingerprint density at radius 1 is 1.37 bits per heavy atom. The van der Waals surface area contributed by atoms with E-state index in [1.165, 1.54) is 31.9 Å². The van der Waals surface area contributed by atoms with Crippen LogP contribution in [0.2, 0.25) is 0 Å². The summed E-state index contributed by atoms with van der Waals surface area (Å²) in [6, 6.07) is 0.551. The van der Waals surface area contributed by atoms with Gasteiger partial charge in [0.25, 0.3) is 0 Å². The van der Waals surface area contributed by atoms with Gasteiger partial charge in [0.2, 0.25) is 0 Å². The summed E-state index contributed by atoms with van der Waals surface area (Å²) in [6.45, 7) is 3.81. The highest BCUT2D eigenvalue weighted by Crippen LogP contribution is 2.31. The summed E-state index contributed by atoms with van der Waals surface area (Å²) in [6.07, 6.45) is 6.45. The standard InChI is InChI=1S/C13H24N2O2S2/c1-13(2,19(3,16)17)9-14-12-15-11-7-5-4-6-10(11)8-18-12/h10-11H,4-9H2,1-3H3,(H,14,15). The van der Waals surface area contributed by atoms with Crippen LogP contribution in [0.15, 0.2) is 4.99 Å². The third-order valence-electron chi connectivity index (χ3n) is 4.26.